The Balaban J connectivity index is 4.05. The minimum Gasteiger partial charge on any atom is -0.462 e. The molecule has 0 aromatic carbocycles. The number of esters is 2. The van der Waals surface area contributed by atoms with Gasteiger partial charge in [-0.2, -0.15) is 0 Å². The summed E-state index contributed by atoms with van der Waals surface area (Å²) in [6.07, 6.45) is 17.7. The summed E-state index contributed by atoms with van der Waals surface area (Å²) in [6, 6.07) is 0. The minimum atomic E-state index is -4.33. The van der Waals surface area contributed by atoms with Crippen LogP contribution in [0.2, 0.25) is 0 Å². The van der Waals surface area contributed by atoms with Crippen molar-refractivity contribution in [3.05, 3.63) is 12.2 Å². The van der Waals surface area contributed by atoms with Gasteiger partial charge in [-0.15, -0.1) is 0 Å². The summed E-state index contributed by atoms with van der Waals surface area (Å²) < 4.78 is 31.6. The molecule has 3 N–H and O–H groups in total. The molecule has 0 heterocycles. The third-order valence-corrected chi connectivity index (χ3v) is 6.19. The van der Waals surface area contributed by atoms with Crippen molar-refractivity contribution in [3.63, 3.8) is 0 Å². The highest BCUT2D eigenvalue weighted by molar-refractivity contribution is 7.47. The molecule has 0 bridgehead atoms. The molecule has 0 spiro atoms. The lowest BCUT2D eigenvalue weighted by Crippen LogP contribution is -2.29. The first kappa shape index (κ1) is 33.8. The van der Waals surface area contributed by atoms with E-state index in [9.17, 15) is 19.0 Å². The Labute approximate surface area is 211 Å². The number of rotatable bonds is 24. The van der Waals surface area contributed by atoms with Crippen LogP contribution in [0.15, 0.2) is 12.2 Å². The zero-order chi connectivity index (χ0) is 26.2. The van der Waals surface area contributed by atoms with E-state index in [1.807, 2.05) is 0 Å². The van der Waals surface area contributed by atoms with Gasteiger partial charge in [-0.1, -0.05) is 70.9 Å². The number of carbonyl (C=O) groups is 2. The summed E-state index contributed by atoms with van der Waals surface area (Å²) >= 11 is 0. The zero-order valence-corrected chi connectivity index (χ0v) is 22.7. The first-order valence-electron chi connectivity index (χ1n) is 13.2. The van der Waals surface area contributed by atoms with Crippen LogP contribution in [-0.2, 0) is 32.7 Å². The molecule has 0 aromatic rings. The summed E-state index contributed by atoms with van der Waals surface area (Å²) in [4.78, 5) is 33.2. The second kappa shape index (κ2) is 23.2. The van der Waals surface area contributed by atoms with E-state index in [-0.39, 0.29) is 32.6 Å². The molecular formula is C25H48NO8P. The predicted molar refractivity (Wildman–Crippen MR) is 137 cm³/mol. The molecule has 10 heteroatoms. The average molecular weight is 522 g/mol. The van der Waals surface area contributed by atoms with Gasteiger partial charge < -0.3 is 20.1 Å². The molecule has 0 aliphatic rings. The van der Waals surface area contributed by atoms with Gasteiger partial charge in [-0.25, -0.2) is 4.57 Å². The van der Waals surface area contributed by atoms with Gasteiger partial charge in [-0.3, -0.25) is 18.6 Å². The van der Waals surface area contributed by atoms with Crippen molar-refractivity contribution < 1.29 is 37.6 Å². The molecule has 0 aromatic heterocycles. The van der Waals surface area contributed by atoms with Crippen molar-refractivity contribution in [2.75, 3.05) is 26.4 Å². The van der Waals surface area contributed by atoms with Crippen LogP contribution in [0.4, 0.5) is 0 Å². The first-order valence-corrected chi connectivity index (χ1v) is 14.7. The van der Waals surface area contributed by atoms with E-state index in [1.54, 1.807) is 6.92 Å². The van der Waals surface area contributed by atoms with E-state index in [0.29, 0.717) is 6.42 Å². The van der Waals surface area contributed by atoms with Gasteiger partial charge in [0.1, 0.15) is 6.61 Å². The van der Waals surface area contributed by atoms with Crippen LogP contribution in [0.5, 0.6) is 0 Å². The van der Waals surface area contributed by atoms with Gasteiger partial charge in [0, 0.05) is 19.4 Å². The summed E-state index contributed by atoms with van der Waals surface area (Å²) in [7, 11) is -4.33. The molecule has 0 radical (unpaired) electrons. The molecule has 2 atom stereocenters. The van der Waals surface area contributed by atoms with E-state index < -0.39 is 32.5 Å². The van der Waals surface area contributed by atoms with E-state index in [0.717, 1.165) is 32.1 Å². The second-order valence-corrected chi connectivity index (χ2v) is 9.97. The van der Waals surface area contributed by atoms with Gasteiger partial charge in [-0.05, 0) is 32.1 Å². The van der Waals surface area contributed by atoms with Gasteiger partial charge in [0.05, 0.1) is 13.2 Å². The fourth-order valence-electron chi connectivity index (χ4n) is 3.19. The van der Waals surface area contributed by atoms with Crippen LogP contribution < -0.4 is 5.73 Å². The molecule has 35 heavy (non-hydrogen) atoms. The summed E-state index contributed by atoms with van der Waals surface area (Å²) in [5, 5.41) is 0. The monoisotopic (exact) mass is 521 g/mol. The molecule has 2 unspecified atom stereocenters. The maximum Gasteiger partial charge on any atom is 0.472 e. The van der Waals surface area contributed by atoms with E-state index in [1.165, 1.54) is 38.5 Å². The molecule has 0 saturated heterocycles. The number of hydrogen-bond acceptors (Lipinski definition) is 8. The fourth-order valence-corrected chi connectivity index (χ4v) is 3.96. The normalized spacial score (nSPS) is 14.1. The molecule has 0 fully saturated rings. The van der Waals surface area contributed by atoms with Crippen LogP contribution in [0, 0.1) is 0 Å². The van der Waals surface area contributed by atoms with Crippen molar-refractivity contribution in [2.45, 2.75) is 110 Å². The molecule has 0 aliphatic carbocycles. The molecule has 0 amide bonds. The van der Waals surface area contributed by atoms with Crippen molar-refractivity contribution in [2.24, 2.45) is 5.73 Å². The third kappa shape index (κ3) is 22.9. The van der Waals surface area contributed by atoms with Crippen LogP contribution in [0.25, 0.3) is 0 Å². The Kier molecular flexibility index (Phi) is 22.3. The second-order valence-electron chi connectivity index (χ2n) is 8.52. The highest BCUT2D eigenvalue weighted by Crippen LogP contribution is 2.43. The van der Waals surface area contributed by atoms with Gasteiger partial charge in [0.15, 0.2) is 6.10 Å². The summed E-state index contributed by atoms with van der Waals surface area (Å²) in [5.41, 5.74) is 5.24. The molecular weight excluding hydrogens is 473 g/mol. The number of carbonyl (C=O) groups excluding carboxylic acids is 2. The van der Waals surface area contributed by atoms with Crippen LogP contribution in [0.1, 0.15) is 104 Å². The number of allylic oxidation sites excluding steroid dienone is 2. The SMILES string of the molecule is CCCCCCC/C=C\CCCCCCCC(=O)OC(COC(=O)CC)COP(=O)(O)OCCN. The van der Waals surface area contributed by atoms with E-state index in [2.05, 4.69) is 23.6 Å². The number of phosphoric ester groups is 1. The Morgan fingerprint density at radius 3 is 2.06 bits per heavy atom. The number of unbranched alkanes of at least 4 members (excludes halogenated alkanes) is 10. The minimum absolute atomic E-state index is 0.0519. The highest BCUT2D eigenvalue weighted by atomic mass is 31.2. The first-order chi connectivity index (χ1) is 16.8. The quantitative estimate of drug-likeness (QED) is 0.0721. The van der Waals surface area contributed by atoms with Crippen molar-refractivity contribution >= 4 is 19.8 Å². The Hall–Kier alpha value is -1.25. The van der Waals surface area contributed by atoms with Gasteiger partial charge >= 0.3 is 19.8 Å². The number of ether oxygens (including phenoxy) is 2. The lowest BCUT2D eigenvalue weighted by atomic mass is 10.1. The smallest absolute Gasteiger partial charge is 0.462 e. The van der Waals surface area contributed by atoms with Crippen molar-refractivity contribution in [1.29, 1.82) is 0 Å². The standard InChI is InChI=1S/C25H48NO8P/c1-3-5-6-7-8-9-10-11-12-13-14-15-16-17-18-25(28)34-23(21-31-24(27)4-2)22-33-35(29,30)32-20-19-26/h10-11,23H,3-9,12-22,26H2,1-2H3,(H,29,30)/b11-10-. The van der Waals surface area contributed by atoms with Crippen molar-refractivity contribution in [1.82, 2.24) is 0 Å². The maximum absolute atomic E-state index is 12.2. The van der Waals surface area contributed by atoms with Gasteiger partial charge in [0.2, 0.25) is 0 Å². The molecule has 0 aliphatic heterocycles. The Morgan fingerprint density at radius 2 is 1.46 bits per heavy atom. The largest absolute Gasteiger partial charge is 0.472 e. The van der Waals surface area contributed by atoms with Gasteiger partial charge in [0.25, 0.3) is 0 Å². The average Bonchev–Trinajstić information content (AvgIpc) is 2.84. The van der Waals surface area contributed by atoms with E-state index >= 15 is 0 Å². The number of phosphoric acid groups is 1. The predicted octanol–water partition coefficient (Wildman–Crippen LogP) is 5.59. The third-order valence-electron chi connectivity index (χ3n) is 5.21. The molecule has 0 rings (SSSR count). The summed E-state index contributed by atoms with van der Waals surface area (Å²) in [6.45, 7) is 3.06. The maximum atomic E-state index is 12.2. The lowest BCUT2D eigenvalue weighted by Gasteiger charge is -2.19. The Bertz CT molecular complexity index is 614. The Morgan fingerprint density at radius 1 is 0.857 bits per heavy atom. The highest BCUT2D eigenvalue weighted by Gasteiger charge is 2.25. The van der Waals surface area contributed by atoms with Crippen molar-refractivity contribution in [3.8, 4) is 0 Å². The molecule has 0 saturated carbocycles. The van der Waals surface area contributed by atoms with Crippen LogP contribution >= 0.6 is 7.82 Å². The zero-order valence-electron chi connectivity index (χ0n) is 21.8. The topological polar surface area (TPSA) is 134 Å². The lowest BCUT2D eigenvalue weighted by molar-refractivity contribution is -0.161. The van der Waals surface area contributed by atoms with Crippen LogP contribution in [0.3, 0.4) is 0 Å². The summed E-state index contributed by atoms with van der Waals surface area (Å²) in [5.74, 6) is -0.942. The molecule has 206 valence electrons. The number of nitrogens with two attached hydrogens (primary N) is 1. The molecule has 9 nitrogen and oxygen atoms in total. The van der Waals surface area contributed by atoms with Crippen LogP contribution in [-0.4, -0.2) is 49.3 Å². The van der Waals surface area contributed by atoms with E-state index in [4.69, 9.17) is 19.7 Å². The fraction of sp³-hybridized carbons (Fsp3) is 0.840. The number of hydrogen-bond donors (Lipinski definition) is 2.